The number of benzene rings is 22. The van der Waals surface area contributed by atoms with Crippen molar-refractivity contribution in [2.24, 2.45) is 0 Å². The van der Waals surface area contributed by atoms with Gasteiger partial charge in [0.25, 0.3) is 0 Å². The Morgan fingerprint density at radius 1 is 0.133 bits per heavy atom. The zero-order valence-corrected chi connectivity index (χ0v) is 69.6. The van der Waals surface area contributed by atoms with E-state index in [4.69, 9.17) is 0 Å². The number of nitrogens with one attached hydrogen (secondary N) is 3. The Balaban J connectivity index is 0.000000103. The molecule has 6 nitrogen and oxygen atoms in total. The number of rotatable bonds is 8. The highest BCUT2D eigenvalue weighted by Gasteiger charge is 2.23. The summed E-state index contributed by atoms with van der Waals surface area (Å²) in [4.78, 5) is 11.1. The normalized spacial score (nSPS) is 11.9. The lowest BCUT2D eigenvalue weighted by molar-refractivity contribution is 1.18. The van der Waals surface area contributed by atoms with Gasteiger partial charge < -0.3 is 28.7 Å². The maximum absolute atomic E-state index is 3.71. The first-order chi connectivity index (χ1) is 63.5. The summed E-state index contributed by atoms with van der Waals surface area (Å²) in [6.45, 7) is 0. The van der Waals surface area contributed by atoms with Gasteiger partial charge in [-0.15, -0.1) is 0 Å². The molecule has 6 heteroatoms. The van der Waals surface area contributed by atoms with Crippen molar-refractivity contribution in [3.05, 3.63) is 455 Å². The summed E-state index contributed by atoms with van der Waals surface area (Å²) in [5.74, 6) is 0. The van der Waals surface area contributed by atoms with Crippen LogP contribution >= 0.6 is 0 Å². The van der Waals surface area contributed by atoms with Gasteiger partial charge in [0, 0.05) is 115 Å². The number of H-pyrrole nitrogens is 3. The van der Waals surface area contributed by atoms with Crippen LogP contribution in [0.15, 0.2) is 455 Å². The van der Waals surface area contributed by atoms with Crippen LogP contribution in [0.4, 0.5) is 0 Å². The number of hydrogen-bond acceptors (Lipinski definition) is 0. The van der Waals surface area contributed by atoms with E-state index in [0.717, 1.165) is 0 Å². The van der Waals surface area contributed by atoms with Gasteiger partial charge in [0.15, 0.2) is 0 Å². The number of fused-ring (bicyclic) bond motifs is 26. The summed E-state index contributed by atoms with van der Waals surface area (Å²) in [5, 5.41) is 28.0. The molecule has 128 heavy (non-hydrogen) atoms. The van der Waals surface area contributed by atoms with E-state index in [2.05, 4.69) is 484 Å². The van der Waals surface area contributed by atoms with Crippen LogP contribution in [0.1, 0.15) is 0 Å². The van der Waals surface area contributed by atoms with Gasteiger partial charge >= 0.3 is 0 Å². The maximum atomic E-state index is 3.71. The zero-order valence-electron chi connectivity index (χ0n) is 69.6. The molecule has 3 N–H and O–H groups in total. The fourth-order valence-corrected chi connectivity index (χ4v) is 21.2. The molecule has 0 aliphatic carbocycles. The minimum absolute atomic E-state index is 1.17. The van der Waals surface area contributed by atoms with E-state index in [1.54, 1.807) is 0 Å². The molecule has 0 aliphatic rings. The van der Waals surface area contributed by atoms with Crippen molar-refractivity contribution in [1.29, 1.82) is 0 Å². The van der Waals surface area contributed by atoms with E-state index in [9.17, 15) is 0 Å². The van der Waals surface area contributed by atoms with Crippen LogP contribution in [0.25, 0.3) is 257 Å². The smallest absolute Gasteiger partial charge is 0.0547 e. The molecule has 0 fully saturated rings. The van der Waals surface area contributed by atoms with Crippen molar-refractivity contribution in [3.8, 4) is 72.7 Å². The summed E-state index contributed by atoms with van der Waals surface area (Å²) >= 11 is 0. The Morgan fingerprint density at radius 2 is 0.406 bits per heavy atom. The van der Waals surface area contributed by atoms with Gasteiger partial charge in [0.2, 0.25) is 0 Å². The van der Waals surface area contributed by atoms with Crippen molar-refractivity contribution in [2.45, 2.75) is 0 Å². The molecule has 0 spiro atoms. The van der Waals surface area contributed by atoms with Crippen LogP contribution in [0, 0.1) is 0 Å². The number of para-hydroxylation sites is 9. The summed E-state index contributed by atoms with van der Waals surface area (Å²) in [7, 11) is 0. The molecule has 28 rings (SSSR count). The lowest BCUT2D eigenvalue weighted by atomic mass is 9.89. The average molecular weight is 1630 g/mol. The van der Waals surface area contributed by atoms with E-state index < -0.39 is 0 Å². The molecule has 0 aliphatic heterocycles. The molecular formula is C122H78N6. The highest BCUT2D eigenvalue weighted by molar-refractivity contribution is 6.28. The van der Waals surface area contributed by atoms with E-state index in [1.165, 1.54) is 257 Å². The SMILES string of the molecule is c1ccc(-n2c3ccccc3c3cc(-c4ccc(-c5cc6[nH]c7ccccc7c6c6ccccc56)c5ccccc45)ccc32)cc1.c1ccc(-n2c3ccccc3c3cc(-c4ccc5cc(-c6cc7[nH]c8ccccc8c7c7ccccc67)ccc5c4)ccc32)cc1.c1ccc(-n2c3ccccc3c3ccc(-c4cc5[nH]c6ccccc6c5c5ccccc45)cc32)cc1. The first kappa shape index (κ1) is 72.6. The third-order valence-corrected chi connectivity index (χ3v) is 26.9. The number of nitrogens with zero attached hydrogens (tertiary/aromatic N) is 3. The minimum Gasteiger partial charge on any atom is -0.354 e. The van der Waals surface area contributed by atoms with Gasteiger partial charge in [0.05, 0.1) is 33.1 Å². The highest BCUT2D eigenvalue weighted by Crippen LogP contribution is 2.48. The zero-order chi connectivity index (χ0) is 84.0. The van der Waals surface area contributed by atoms with E-state index >= 15 is 0 Å². The van der Waals surface area contributed by atoms with Gasteiger partial charge in [0.1, 0.15) is 0 Å². The number of hydrogen-bond donors (Lipinski definition) is 3. The fraction of sp³-hybridized carbons (Fsp3) is 0. The number of aromatic amines is 3. The van der Waals surface area contributed by atoms with E-state index in [0.29, 0.717) is 0 Å². The molecule has 28 aromatic rings. The Kier molecular flexibility index (Phi) is 16.6. The van der Waals surface area contributed by atoms with Gasteiger partial charge in [-0.2, -0.15) is 0 Å². The largest absolute Gasteiger partial charge is 0.354 e. The van der Waals surface area contributed by atoms with Crippen molar-refractivity contribution < 1.29 is 0 Å². The van der Waals surface area contributed by atoms with Crippen LogP contribution in [-0.4, -0.2) is 28.7 Å². The van der Waals surface area contributed by atoms with Gasteiger partial charge in [-0.25, -0.2) is 0 Å². The summed E-state index contributed by atoms with van der Waals surface area (Å²) in [6.07, 6.45) is 0. The first-order valence-corrected chi connectivity index (χ1v) is 44.1. The molecule has 0 amide bonds. The monoisotopic (exact) mass is 1630 g/mol. The second-order valence-electron chi connectivity index (χ2n) is 33.9. The highest BCUT2D eigenvalue weighted by atomic mass is 15.0. The molecular weight excluding hydrogens is 1550 g/mol. The second kappa shape index (κ2) is 29.3. The van der Waals surface area contributed by atoms with Crippen molar-refractivity contribution in [3.63, 3.8) is 0 Å². The Labute approximate surface area is 735 Å². The summed E-state index contributed by atoms with van der Waals surface area (Å²) in [5.41, 5.74) is 30.3. The van der Waals surface area contributed by atoms with Gasteiger partial charge in [-0.3, -0.25) is 0 Å². The molecule has 596 valence electrons. The molecule has 0 bridgehead atoms. The molecule has 6 aromatic heterocycles. The quantitative estimate of drug-likeness (QED) is 0.136. The van der Waals surface area contributed by atoms with Crippen LogP contribution in [0.5, 0.6) is 0 Å². The van der Waals surface area contributed by atoms with Crippen LogP contribution in [-0.2, 0) is 0 Å². The topological polar surface area (TPSA) is 62.2 Å². The Hall–Kier alpha value is -17.1. The Bertz CT molecular complexity index is 9400. The summed E-state index contributed by atoms with van der Waals surface area (Å²) < 4.78 is 7.13. The van der Waals surface area contributed by atoms with Gasteiger partial charge in [-0.05, 0) is 243 Å². The molecule has 22 aromatic carbocycles. The van der Waals surface area contributed by atoms with E-state index in [-0.39, 0.29) is 0 Å². The predicted octanol–water partition coefficient (Wildman–Crippen LogP) is 33.4. The van der Waals surface area contributed by atoms with Crippen molar-refractivity contribution >= 4 is 185 Å². The van der Waals surface area contributed by atoms with Crippen LogP contribution in [0.2, 0.25) is 0 Å². The maximum Gasteiger partial charge on any atom is 0.0547 e. The van der Waals surface area contributed by atoms with Crippen molar-refractivity contribution in [2.75, 3.05) is 0 Å². The predicted molar refractivity (Wildman–Crippen MR) is 545 cm³/mol. The minimum atomic E-state index is 1.17. The third kappa shape index (κ3) is 11.6. The Morgan fingerprint density at radius 3 is 0.867 bits per heavy atom. The molecule has 0 radical (unpaired) electrons. The van der Waals surface area contributed by atoms with E-state index in [1.807, 2.05) is 0 Å². The number of aromatic nitrogens is 6. The lowest BCUT2D eigenvalue weighted by Gasteiger charge is -2.15. The average Bonchev–Trinajstić information content (AvgIpc) is 1.49. The molecule has 0 unspecified atom stereocenters. The van der Waals surface area contributed by atoms with Crippen molar-refractivity contribution in [1.82, 2.24) is 28.7 Å². The van der Waals surface area contributed by atoms with Crippen LogP contribution in [0.3, 0.4) is 0 Å². The third-order valence-electron chi connectivity index (χ3n) is 26.9. The standard InChI is InChI=1S/2C44H28N2.C34H22N2/c1-2-10-33(11-3-1)46-42-17-9-7-13-35(42)39-26-31(22-23-43(39)46)29-18-19-30-25-32(21-20-28(30)24-29)38-27-41-44(36-14-5-4-12-34(36)38)37-15-6-8-16-40(37)45-41;1-2-12-29(13-3-1)46-42-21-11-9-17-35(42)39-26-28(22-25-43(39)46)30-23-24-34(32-15-5-4-14-31(30)32)38-27-41-44(36-18-7-6-16-33(36)38)37-19-8-10-20-40(37)45-41;1-2-10-23(11-3-1)36-32-17-9-7-13-25(32)26-19-18-22(20-33(26)36)29-21-31-34(27-14-5-4-12-24(27)29)28-15-6-8-16-30(28)35-31/h2*1-27,45H;1-21,35H. The second-order valence-corrected chi connectivity index (χ2v) is 33.9. The molecule has 0 saturated heterocycles. The van der Waals surface area contributed by atoms with Crippen LogP contribution < -0.4 is 0 Å². The van der Waals surface area contributed by atoms with Gasteiger partial charge in [-0.1, -0.05) is 322 Å². The molecule has 0 atom stereocenters. The molecule has 6 heterocycles. The molecule has 0 saturated carbocycles. The lowest BCUT2D eigenvalue weighted by Crippen LogP contribution is -1.93. The summed E-state index contributed by atoms with van der Waals surface area (Å²) in [6, 6.07) is 165. The fourth-order valence-electron chi connectivity index (χ4n) is 21.2. The first-order valence-electron chi connectivity index (χ1n) is 44.1.